The molecule has 1 heteroatoms. The highest BCUT2D eigenvalue weighted by Gasteiger charge is 1.34. The third-order valence-corrected chi connectivity index (χ3v) is 0.0913. The van der Waals surface area contributed by atoms with Gasteiger partial charge in [-0.05, 0) is 0 Å². The van der Waals surface area contributed by atoms with Crippen molar-refractivity contribution in [1.82, 2.24) is 0 Å². The Morgan fingerprint density at radius 2 is 1.83 bits per heavy atom. The van der Waals surface area contributed by atoms with Crippen LogP contribution in [0.1, 0.15) is 0 Å². The zero-order valence-corrected chi connectivity index (χ0v) is 3.52. The van der Waals surface area contributed by atoms with Gasteiger partial charge in [-0.1, -0.05) is 19.7 Å². The lowest BCUT2D eigenvalue weighted by Gasteiger charge is -1.31. The van der Waals surface area contributed by atoms with E-state index < -0.39 is 0 Å². The molecule has 0 amide bonds. The first kappa shape index (κ1) is 8.88. The summed E-state index contributed by atoms with van der Waals surface area (Å²) in [5, 5.41) is 7.51. The van der Waals surface area contributed by atoms with E-state index in [1.807, 2.05) is 0 Å². The molecule has 0 rings (SSSR count). The standard InChI is InChI=1S/C3H3N.C2H3/c1-2-3-4;1-2/h2H,1H2;1H,2H2. The van der Waals surface area contributed by atoms with E-state index in [1.165, 1.54) is 6.08 Å². The Labute approximate surface area is 38.2 Å². The Balaban J connectivity index is 0. The number of allylic oxidation sites excluding steroid dienone is 1. The number of rotatable bonds is 0. The van der Waals surface area contributed by atoms with Gasteiger partial charge in [0, 0.05) is 6.08 Å². The van der Waals surface area contributed by atoms with Gasteiger partial charge in [0.15, 0.2) is 0 Å². The van der Waals surface area contributed by atoms with Crippen LogP contribution in [0.25, 0.3) is 0 Å². The second kappa shape index (κ2) is 37.2. The summed E-state index contributed by atoms with van der Waals surface area (Å²) >= 11 is 0. The largest absolute Gasteiger partial charge is 0.193 e. The van der Waals surface area contributed by atoms with Crippen molar-refractivity contribution < 1.29 is 0 Å². The smallest absolute Gasteiger partial charge is 0.0905 e. The molecule has 0 bridgehead atoms. The van der Waals surface area contributed by atoms with E-state index in [9.17, 15) is 0 Å². The van der Waals surface area contributed by atoms with Crippen molar-refractivity contribution in [3.05, 3.63) is 25.8 Å². The number of nitrogens with zero attached hydrogens (tertiary/aromatic N) is 1. The van der Waals surface area contributed by atoms with Crippen molar-refractivity contribution in [2.24, 2.45) is 0 Å². The third-order valence-electron chi connectivity index (χ3n) is 0.0913. The summed E-state index contributed by atoms with van der Waals surface area (Å²) in [5.74, 6) is 0. The average molecular weight is 80.1 g/mol. The second-order valence-electron chi connectivity index (χ2n) is 0.333. The predicted octanol–water partition coefficient (Wildman–Crippen LogP) is 1.30. The molecule has 0 aliphatic rings. The number of nitriles is 1. The van der Waals surface area contributed by atoms with Crippen molar-refractivity contribution in [1.29, 1.82) is 5.26 Å². The summed E-state index contributed by atoms with van der Waals surface area (Å²) in [6.45, 7) is 10.1. The quantitative estimate of drug-likeness (QED) is 0.402. The van der Waals surface area contributed by atoms with Gasteiger partial charge in [-0.25, -0.2) is 0 Å². The van der Waals surface area contributed by atoms with Gasteiger partial charge in [0.25, 0.3) is 0 Å². The van der Waals surface area contributed by atoms with Crippen LogP contribution in [0, 0.1) is 17.9 Å². The molecule has 1 radical (unpaired) electrons. The highest BCUT2D eigenvalue weighted by atomic mass is 14.2. The second-order valence-corrected chi connectivity index (χ2v) is 0.333. The fourth-order valence-electron chi connectivity index (χ4n) is 0. The zero-order valence-electron chi connectivity index (χ0n) is 3.52. The van der Waals surface area contributed by atoms with Crippen LogP contribution < -0.4 is 0 Å². The molecule has 0 saturated carbocycles. The minimum atomic E-state index is 1.18. The van der Waals surface area contributed by atoms with Crippen LogP contribution in [0.2, 0.25) is 0 Å². The Kier molecular flexibility index (Phi) is 55.1. The van der Waals surface area contributed by atoms with E-state index in [2.05, 4.69) is 19.7 Å². The minimum absolute atomic E-state index is 1.18. The van der Waals surface area contributed by atoms with E-state index in [0.717, 1.165) is 0 Å². The van der Waals surface area contributed by atoms with Crippen molar-refractivity contribution >= 4 is 0 Å². The monoisotopic (exact) mass is 80.1 g/mol. The minimum Gasteiger partial charge on any atom is -0.193 e. The molecular formula is C5H6N. The zero-order chi connectivity index (χ0) is 5.41. The molecule has 0 aromatic heterocycles. The lowest BCUT2D eigenvalue weighted by atomic mass is 10.8. The van der Waals surface area contributed by atoms with Gasteiger partial charge in [-0.2, -0.15) is 5.26 Å². The van der Waals surface area contributed by atoms with Gasteiger partial charge in [0.1, 0.15) is 0 Å². The highest BCUT2D eigenvalue weighted by Crippen LogP contribution is 1.41. The summed E-state index contributed by atoms with van der Waals surface area (Å²) in [6, 6.07) is 1.69. The maximum Gasteiger partial charge on any atom is 0.0905 e. The van der Waals surface area contributed by atoms with Crippen LogP contribution >= 0.6 is 0 Å². The van der Waals surface area contributed by atoms with Gasteiger partial charge < -0.3 is 0 Å². The normalized spacial score (nSPS) is 3.17. The molecule has 0 fully saturated rings. The molecule has 0 saturated heterocycles. The Morgan fingerprint density at radius 1 is 1.67 bits per heavy atom. The molecule has 0 aliphatic heterocycles. The van der Waals surface area contributed by atoms with Gasteiger partial charge in [0.05, 0.1) is 6.07 Å². The van der Waals surface area contributed by atoms with Gasteiger partial charge in [-0.15, -0.1) is 0 Å². The first-order valence-electron chi connectivity index (χ1n) is 1.33. The Hall–Kier alpha value is -1.03. The van der Waals surface area contributed by atoms with Crippen LogP contribution in [0.3, 0.4) is 0 Å². The van der Waals surface area contributed by atoms with E-state index in [0.29, 0.717) is 0 Å². The molecule has 0 unspecified atom stereocenters. The third kappa shape index (κ3) is 12800. The number of hydrogen-bond donors (Lipinski definition) is 0. The first-order valence-corrected chi connectivity index (χ1v) is 1.33. The molecule has 0 aromatic rings. The fourth-order valence-corrected chi connectivity index (χ4v) is 0. The van der Waals surface area contributed by atoms with Crippen LogP contribution in [-0.2, 0) is 0 Å². The number of hydrogen-bond acceptors (Lipinski definition) is 1. The first-order chi connectivity index (χ1) is 2.91. The fraction of sp³-hybridized carbons (Fsp3) is 0. The van der Waals surface area contributed by atoms with Gasteiger partial charge >= 0.3 is 0 Å². The van der Waals surface area contributed by atoms with E-state index in [1.54, 1.807) is 6.07 Å². The van der Waals surface area contributed by atoms with Crippen molar-refractivity contribution in [3.63, 3.8) is 0 Å². The highest BCUT2D eigenvalue weighted by molar-refractivity contribution is 4.93. The molecule has 1 nitrogen and oxygen atoms in total. The molecule has 31 valence electrons. The molecular weight excluding hydrogens is 74.1 g/mol. The molecule has 6 heavy (non-hydrogen) atoms. The van der Waals surface area contributed by atoms with Crippen molar-refractivity contribution in [3.8, 4) is 6.07 Å². The molecule has 0 heterocycles. The molecule has 0 atom stereocenters. The van der Waals surface area contributed by atoms with Crippen LogP contribution in [0.4, 0.5) is 0 Å². The maximum atomic E-state index is 7.51. The van der Waals surface area contributed by atoms with E-state index in [4.69, 9.17) is 5.26 Å². The van der Waals surface area contributed by atoms with Gasteiger partial charge in [-0.3, -0.25) is 0 Å². The van der Waals surface area contributed by atoms with E-state index in [-0.39, 0.29) is 0 Å². The van der Waals surface area contributed by atoms with Crippen LogP contribution in [-0.4, -0.2) is 0 Å². The summed E-state index contributed by atoms with van der Waals surface area (Å²) in [6.07, 6.45) is 1.18. The summed E-state index contributed by atoms with van der Waals surface area (Å²) < 4.78 is 0. The SMILES string of the molecule is C=CC#N.[CH]=C. The lowest BCUT2D eigenvalue weighted by molar-refractivity contribution is 1.54. The topological polar surface area (TPSA) is 23.8 Å². The summed E-state index contributed by atoms with van der Waals surface area (Å²) in [4.78, 5) is 0. The van der Waals surface area contributed by atoms with Crippen LogP contribution in [0.15, 0.2) is 19.2 Å². The Morgan fingerprint density at radius 3 is 1.83 bits per heavy atom. The summed E-state index contributed by atoms with van der Waals surface area (Å²) in [7, 11) is 0. The molecule has 0 spiro atoms. The molecule has 0 aliphatic carbocycles. The average Bonchev–Trinajstić information content (AvgIpc) is 1.72. The molecule has 0 aromatic carbocycles. The lowest BCUT2D eigenvalue weighted by Crippen LogP contribution is -1.23. The van der Waals surface area contributed by atoms with Crippen molar-refractivity contribution in [2.75, 3.05) is 0 Å². The Bertz CT molecular complexity index is 58.8. The predicted molar refractivity (Wildman–Crippen MR) is 25.7 cm³/mol. The van der Waals surface area contributed by atoms with Crippen molar-refractivity contribution in [2.45, 2.75) is 0 Å². The van der Waals surface area contributed by atoms with Crippen LogP contribution in [0.5, 0.6) is 0 Å². The van der Waals surface area contributed by atoms with Gasteiger partial charge in [0.2, 0.25) is 0 Å². The summed E-state index contributed by atoms with van der Waals surface area (Å²) in [5.41, 5.74) is 0. The van der Waals surface area contributed by atoms with E-state index >= 15 is 0 Å². The molecule has 0 N–H and O–H groups in total. The maximum absolute atomic E-state index is 7.51.